The first kappa shape index (κ1) is 9.65. The summed E-state index contributed by atoms with van der Waals surface area (Å²) in [5.41, 5.74) is 4.79. The highest BCUT2D eigenvalue weighted by atomic mass is 32.1. The number of nitrogens with two attached hydrogens (primary N) is 1. The van der Waals surface area contributed by atoms with Crippen molar-refractivity contribution >= 4 is 28.1 Å². The zero-order chi connectivity index (χ0) is 30.4. The van der Waals surface area contributed by atoms with Crippen molar-refractivity contribution in [2.75, 3.05) is 24.0 Å². The second kappa shape index (κ2) is 9.98. The Morgan fingerprint density at radius 3 is 2.71 bits per heavy atom. The highest BCUT2D eigenvalue weighted by Crippen LogP contribution is 2.14. The summed E-state index contributed by atoms with van der Waals surface area (Å²) in [7, 11) is 0. The molecule has 0 fully saturated rings. The number of aliphatic hydroxyl groups is 1. The molecule has 1 aromatic heterocycles. The van der Waals surface area contributed by atoms with Gasteiger partial charge < -0.3 is 21.5 Å². The predicted molar refractivity (Wildman–Crippen MR) is 113 cm³/mol. The van der Waals surface area contributed by atoms with Gasteiger partial charge in [-0.2, -0.15) is 0 Å². The number of nitrogens with one attached hydrogen (secondary N) is 2. The number of rotatable bonds is 9. The summed E-state index contributed by atoms with van der Waals surface area (Å²) in [6.45, 7) is -5.47. The van der Waals surface area contributed by atoms with Gasteiger partial charge in [-0.15, -0.1) is 11.3 Å². The molecular formula is C21H24N4O2S. The van der Waals surface area contributed by atoms with Crippen LogP contribution in [0.25, 0.3) is 0 Å². The Morgan fingerprint density at radius 1 is 1.29 bits per heavy atom. The number of carbonyl (C=O) groups is 1. The zero-order valence-corrected chi connectivity index (χ0v) is 15.2. The number of benzene rings is 2. The lowest BCUT2D eigenvalue weighted by atomic mass is 10.1. The van der Waals surface area contributed by atoms with Crippen molar-refractivity contribution in [3.8, 4) is 0 Å². The van der Waals surface area contributed by atoms with Crippen LogP contribution in [0.1, 0.15) is 39.4 Å². The molecule has 1 heterocycles. The number of anilines is 2. The van der Waals surface area contributed by atoms with Gasteiger partial charge in [0.25, 0.3) is 0 Å². The van der Waals surface area contributed by atoms with Crippen LogP contribution in [-0.4, -0.2) is 29.0 Å². The Bertz CT molecular complexity index is 1400. The molecule has 0 aliphatic heterocycles. The van der Waals surface area contributed by atoms with E-state index in [1.165, 1.54) is 24.3 Å². The molecule has 0 aliphatic carbocycles. The molecule has 3 aromatic rings. The van der Waals surface area contributed by atoms with E-state index in [4.69, 9.17) is 22.2 Å². The van der Waals surface area contributed by atoms with Crippen LogP contribution < -0.4 is 16.4 Å². The van der Waals surface area contributed by atoms with E-state index < -0.39 is 79.3 Å². The second-order valence-corrected chi connectivity index (χ2v) is 6.17. The lowest BCUT2D eigenvalue weighted by Crippen LogP contribution is -2.23. The van der Waals surface area contributed by atoms with Crippen molar-refractivity contribution in [1.29, 1.82) is 0 Å². The SMILES string of the molecule is [2H]c1sc(N)nc1C([2H])([2H])C(=O)Nc1ccc(CC([2H])([2H])NC([2H])([2H])[C@@H](O)c2c([2H])c([2H])c([2H])c([2H])c2[2H])cc1. The highest BCUT2D eigenvalue weighted by molar-refractivity contribution is 7.13. The molecular weight excluding hydrogens is 372 g/mol. The van der Waals surface area contributed by atoms with Gasteiger partial charge in [-0.1, -0.05) is 42.3 Å². The van der Waals surface area contributed by atoms with E-state index in [2.05, 4.69) is 10.3 Å². The summed E-state index contributed by atoms with van der Waals surface area (Å²) in [6, 6.07) is 1.59. The minimum Gasteiger partial charge on any atom is -0.387 e. The van der Waals surface area contributed by atoms with Gasteiger partial charge in [0.05, 0.1) is 26.4 Å². The lowest BCUT2D eigenvalue weighted by molar-refractivity contribution is -0.115. The number of aryl methyl sites for hydroxylation is 1. The summed E-state index contributed by atoms with van der Waals surface area (Å²) in [5.74, 6) is -1.11. The molecule has 0 aliphatic rings. The van der Waals surface area contributed by atoms with E-state index >= 15 is 0 Å². The third-order valence-corrected chi connectivity index (χ3v) is 3.90. The van der Waals surface area contributed by atoms with Gasteiger partial charge in [0.1, 0.15) is 0 Å². The highest BCUT2D eigenvalue weighted by Gasteiger charge is 2.08. The number of carbonyl (C=O) groups excluding carboxylic acids is 1. The summed E-state index contributed by atoms with van der Waals surface area (Å²) >= 11 is 0.721. The Morgan fingerprint density at radius 2 is 2.04 bits per heavy atom. The van der Waals surface area contributed by atoms with Crippen LogP contribution >= 0.6 is 11.3 Å². The Kier molecular flexibility index (Phi) is 3.44. The van der Waals surface area contributed by atoms with E-state index in [9.17, 15) is 9.90 Å². The number of thiazole rings is 1. The number of aliphatic hydroxyl groups excluding tert-OH is 1. The molecule has 2 aromatic carbocycles. The third-order valence-electron chi connectivity index (χ3n) is 3.30. The number of nitrogen functional groups attached to an aromatic ring is 1. The minimum absolute atomic E-state index is 0.0610. The van der Waals surface area contributed by atoms with Crippen LogP contribution in [0.5, 0.6) is 0 Å². The fourth-order valence-electron chi connectivity index (χ4n) is 2.02. The maximum absolute atomic E-state index is 12.5. The summed E-state index contributed by atoms with van der Waals surface area (Å²) in [4.78, 5) is 16.2. The molecule has 0 spiro atoms. The van der Waals surface area contributed by atoms with Gasteiger partial charge in [-0.05, 0) is 36.2 Å². The molecule has 28 heavy (non-hydrogen) atoms. The summed E-state index contributed by atoms with van der Waals surface area (Å²) < 4.78 is 95.5. The van der Waals surface area contributed by atoms with Crippen molar-refractivity contribution in [1.82, 2.24) is 10.3 Å². The van der Waals surface area contributed by atoms with Gasteiger partial charge in [0.15, 0.2) is 5.13 Å². The van der Waals surface area contributed by atoms with E-state index in [0.717, 1.165) is 11.3 Å². The van der Waals surface area contributed by atoms with E-state index in [-0.39, 0.29) is 16.2 Å². The molecule has 7 heteroatoms. The summed E-state index contributed by atoms with van der Waals surface area (Å²) in [6.07, 6.45) is -5.42. The van der Waals surface area contributed by atoms with Crippen LogP contribution in [0.2, 0.25) is 0 Å². The monoisotopic (exact) mass is 408 g/mol. The molecule has 0 saturated carbocycles. The van der Waals surface area contributed by atoms with Gasteiger partial charge in [0.2, 0.25) is 5.91 Å². The van der Waals surface area contributed by atoms with E-state index in [1.807, 2.05) is 5.32 Å². The van der Waals surface area contributed by atoms with E-state index in [1.54, 1.807) is 0 Å². The third kappa shape index (κ3) is 6.16. The number of amides is 1. The lowest BCUT2D eigenvalue weighted by Gasteiger charge is -2.12. The molecule has 0 bridgehead atoms. The average Bonchev–Trinajstić information content (AvgIpc) is 3.20. The van der Waals surface area contributed by atoms with Crippen LogP contribution in [-0.2, 0) is 17.6 Å². The molecule has 5 N–H and O–H groups in total. The minimum atomic E-state index is -2.97. The predicted octanol–water partition coefficient (Wildman–Crippen LogP) is 2.77. The Balaban J connectivity index is 1.73. The van der Waals surface area contributed by atoms with Gasteiger partial charge in [-0.3, -0.25) is 4.79 Å². The zero-order valence-electron chi connectivity index (χ0n) is 26.4. The van der Waals surface area contributed by atoms with Crippen LogP contribution in [0.15, 0.2) is 59.8 Å². The molecule has 146 valence electrons. The first-order chi connectivity index (χ1) is 18.3. The largest absolute Gasteiger partial charge is 0.387 e. The maximum atomic E-state index is 12.5. The molecule has 1 amide bonds. The molecule has 1 atom stereocenters. The fraction of sp³-hybridized carbons (Fsp3) is 0.238. The standard InChI is InChI=1S/C21H24N4O2S/c22-21-25-18(14-28-21)12-20(27)24-17-8-6-15(7-9-17)10-11-23-13-19(26)16-4-2-1-3-5-16/h1-9,14,19,23,26H,10-13H2,(H2,22,25)(H,24,27)/t19-/m1/s1/i1D,2D,3D,4D,5D,11D2,12D2,13D2,14D. The van der Waals surface area contributed by atoms with Gasteiger partial charge >= 0.3 is 0 Å². The number of hydrogen-bond acceptors (Lipinski definition) is 6. The first-order valence-corrected chi connectivity index (χ1v) is 8.78. The van der Waals surface area contributed by atoms with Crippen molar-refractivity contribution < 1.29 is 26.4 Å². The Hall–Kier alpha value is -2.74. The summed E-state index contributed by atoms with van der Waals surface area (Å²) in [5, 5.41) is 14.6. The molecule has 0 unspecified atom stereocenters. The van der Waals surface area contributed by atoms with Crippen LogP contribution in [0.3, 0.4) is 0 Å². The number of hydrogen-bond donors (Lipinski definition) is 4. The molecule has 0 radical (unpaired) electrons. The van der Waals surface area contributed by atoms with Crippen molar-refractivity contribution in [3.63, 3.8) is 0 Å². The Labute approximate surface area is 185 Å². The quantitative estimate of drug-likeness (QED) is 0.436. The van der Waals surface area contributed by atoms with Crippen molar-refractivity contribution in [2.24, 2.45) is 0 Å². The maximum Gasteiger partial charge on any atom is 0.230 e. The first-order valence-electron chi connectivity index (χ1n) is 14.0. The topological polar surface area (TPSA) is 100 Å². The number of nitrogens with zero attached hydrogens (tertiary/aromatic N) is 1. The average molecular weight is 409 g/mol. The van der Waals surface area contributed by atoms with Gasteiger partial charge in [-0.25, -0.2) is 4.98 Å². The second-order valence-electron chi connectivity index (χ2n) is 5.34. The molecule has 3 rings (SSSR count). The van der Waals surface area contributed by atoms with Crippen molar-refractivity contribution in [2.45, 2.75) is 18.9 Å². The molecule has 0 saturated heterocycles. The van der Waals surface area contributed by atoms with Crippen LogP contribution in [0, 0.1) is 0 Å². The van der Waals surface area contributed by atoms with E-state index in [0.29, 0.717) is 5.56 Å². The fourth-order valence-corrected chi connectivity index (χ4v) is 2.45. The van der Waals surface area contributed by atoms with Gasteiger partial charge in [0, 0.05) is 25.8 Å². The number of aromatic nitrogens is 1. The molecule has 6 nitrogen and oxygen atoms in total. The van der Waals surface area contributed by atoms with Crippen LogP contribution in [0.4, 0.5) is 10.8 Å². The van der Waals surface area contributed by atoms with Crippen molar-refractivity contribution in [3.05, 3.63) is 76.7 Å². The smallest absolute Gasteiger partial charge is 0.230 e. The normalized spacial score (nSPS) is 19.6.